The maximum Gasteiger partial charge on any atom is 0.306 e. The fraction of sp³-hybridized carbons (Fsp3) is 0.818. The zero-order chi connectivity index (χ0) is 56.1. The average Bonchev–Trinajstić information content (AvgIpc) is 3.43. The summed E-state index contributed by atoms with van der Waals surface area (Å²) in [5.41, 5.74) is 0. The highest BCUT2D eigenvalue weighted by Gasteiger charge is 2.47. The summed E-state index contributed by atoms with van der Waals surface area (Å²) >= 11 is 0. The Hall–Kier alpha value is -2.64. The summed E-state index contributed by atoms with van der Waals surface area (Å²) in [5.74, 6) is -1.21. The predicted octanol–water partition coefficient (Wildman–Crippen LogP) is 15.4. The van der Waals surface area contributed by atoms with Crippen LogP contribution in [-0.2, 0) is 23.8 Å². The van der Waals surface area contributed by atoms with Crippen LogP contribution >= 0.6 is 0 Å². The number of ether oxygens (including phenoxy) is 3. The van der Waals surface area contributed by atoms with Crippen molar-refractivity contribution in [3.05, 3.63) is 60.8 Å². The van der Waals surface area contributed by atoms with E-state index >= 15 is 0 Å². The number of hydrogen-bond acceptors (Lipinski definition) is 10. The zero-order valence-corrected chi connectivity index (χ0v) is 49.6. The molecule has 8 unspecified atom stereocenters. The van der Waals surface area contributed by atoms with Gasteiger partial charge in [0, 0.05) is 6.42 Å². The number of rotatable bonds is 54. The molecule has 1 aliphatic rings. The smallest absolute Gasteiger partial charge is 0.306 e. The van der Waals surface area contributed by atoms with Crippen molar-refractivity contribution in [1.29, 1.82) is 0 Å². The Morgan fingerprint density at radius 3 is 1.42 bits per heavy atom. The summed E-state index contributed by atoms with van der Waals surface area (Å²) in [7, 11) is 0. The predicted molar refractivity (Wildman–Crippen MR) is 320 cm³/mol. The highest BCUT2D eigenvalue weighted by atomic mass is 16.7. The first-order chi connectivity index (χ1) is 37.7. The van der Waals surface area contributed by atoms with E-state index in [0.29, 0.717) is 12.8 Å². The van der Waals surface area contributed by atoms with E-state index in [1.165, 1.54) is 154 Å². The van der Waals surface area contributed by atoms with Crippen LogP contribution in [0.15, 0.2) is 60.8 Å². The van der Waals surface area contributed by atoms with Gasteiger partial charge in [-0.3, -0.25) is 9.59 Å². The van der Waals surface area contributed by atoms with Crippen molar-refractivity contribution in [2.45, 2.75) is 333 Å². The van der Waals surface area contributed by atoms with Crippen LogP contribution in [0, 0.1) is 0 Å². The molecule has 1 amide bonds. The Labute approximate surface area is 471 Å². The van der Waals surface area contributed by atoms with E-state index in [1.54, 1.807) is 6.08 Å². The van der Waals surface area contributed by atoms with Crippen molar-refractivity contribution < 1.29 is 49.3 Å². The molecule has 77 heavy (non-hydrogen) atoms. The molecule has 448 valence electrons. The molecule has 0 saturated carbocycles. The van der Waals surface area contributed by atoms with E-state index in [-0.39, 0.29) is 19.4 Å². The van der Waals surface area contributed by atoms with Crippen LogP contribution in [-0.4, -0.2) is 99.6 Å². The van der Waals surface area contributed by atoms with Gasteiger partial charge < -0.3 is 45.1 Å². The third-order valence-corrected chi connectivity index (χ3v) is 14.9. The molecule has 1 saturated heterocycles. The topological polar surface area (TPSA) is 175 Å². The van der Waals surface area contributed by atoms with Crippen LogP contribution in [0.5, 0.6) is 0 Å². The van der Waals surface area contributed by atoms with E-state index in [4.69, 9.17) is 14.2 Å². The highest BCUT2D eigenvalue weighted by molar-refractivity contribution is 5.80. The number of carbonyl (C=O) groups is 2. The normalized spacial score (nSPS) is 19.4. The van der Waals surface area contributed by atoms with Gasteiger partial charge in [-0.05, 0) is 83.5 Å². The molecule has 8 atom stereocenters. The Morgan fingerprint density at radius 2 is 0.935 bits per heavy atom. The van der Waals surface area contributed by atoms with Gasteiger partial charge in [-0.15, -0.1) is 0 Å². The third kappa shape index (κ3) is 42.0. The van der Waals surface area contributed by atoms with Crippen LogP contribution in [0.4, 0.5) is 0 Å². The molecule has 0 aromatic rings. The lowest BCUT2D eigenvalue weighted by molar-refractivity contribution is -0.305. The summed E-state index contributed by atoms with van der Waals surface area (Å²) in [6.07, 6.45) is 57.0. The lowest BCUT2D eigenvalue weighted by Crippen LogP contribution is -2.61. The number of aliphatic hydroxyl groups is 5. The molecular weight excluding hydrogens is 967 g/mol. The quantitative estimate of drug-likeness (QED) is 0.0195. The molecule has 6 N–H and O–H groups in total. The first-order valence-corrected chi connectivity index (χ1v) is 32.1. The van der Waals surface area contributed by atoms with Gasteiger partial charge in [0.15, 0.2) is 12.4 Å². The first kappa shape index (κ1) is 72.4. The molecule has 1 fully saturated rings. The molecule has 0 aromatic heterocycles. The number of amides is 1. The molecule has 11 nitrogen and oxygen atoms in total. The van der Waals surface area contributed by atoms with Crippen molar-refractivity contribution in [1.82, 2.24) is 5.32 Å². The molecule has 0 spiro atoms. The van der Waals surface area contributed by atoms with E-state index in [2.05, 4.69) is 74.7 Å². The van der Waals surface area contributed by atoms with Gasteiger partial charge in [0.1, 0.15) is 24.4 Å². The number of nitrogens with one attached hydrogen (secondary N) is 1. The monoisotopic (exact) mass is 1090 g/mol. The minimum Gasteiger partial charge on any atom is -0.454 e. The van der Waals surface area contributed by atoms with Gasteiger partial charge in [0.2, 0.25) is 5.91 Å². The van der Waals surface area contributed by atoms with Gasteiger partial charge in [0.25, 0.3) is 0 Å². The number of unbranched alkanes of at least 4 members (excludes halogenated alkanes) is 32. The Kier molecular flexibility index (Phi) is 50.7. The highest BCUT2D eigenvalue weighted by Crippen LogP contribution is 2.26. The SMILES string of the molecule is CC/C=C/C/C=C/C/C=C/CCCCCCC(=O)OC1C(OCC(NC(=O)C(O)CCCCCCCCCCCCCC/C=C/CCCCCCCC)C(O)/C=C/CCCCCCCCCCCC)OC(CO)C(O)C1O. The maximum absolute atomic E-state index is 13.4. The van der Waals surface area contributed by atoms with E-state index in [0.717, 1.165) is 83.5 Å². The van der Waals surface area contributed by atoms with Crippen molar-refractivity contribution in [3.63, 3.8) is 0 Å². The van der Waals surface area contributed by atoms with Gasteiger partial charge in [0.05, 0.1) is 25.4 Å². The second-order valence-corrected chi connectivity index (χ2v) is 22.1. The van der Waals surface area contributed by atoms with Crippen molar-refractivity contribution in [2.75, 3.05) is 13.2 Å². The molecule has 0 aliphatic carbocycles. The second kappa shape index (κ2) is 54.0. The number of aliphatic hydroxyl groups excluding tert-OH is 5. The van der Waals surface area contributed by atoms with E-state index < -0.39 is 67.4 Å². The Bertz CT molecular complexity index is 1480. The number of allylic oxidation sites excluding steroid dienone is 9. The van der Waals surface area contributed by atoms with Gasteiger partial charge in [-0.1, -0.05) is 255 Å². The van der Waals surface area contributed by atoms with E-state index in [9.17, 15) is 35.1 Å². The fourth-order valence-electron chi connectivity index (χ4n) is 9.84. The Balaban J connectivity index is 2.64. The molecule has 1 aliphatic heterocycles. The molecule has 0 aromatic carbocycles. The van der Waals surface area contributed by atoms with Crippen LogP contribution in [0.3, 0.4) is 0 Å². The van der Waals surface area contributed by atoms with Crippen LogP contribution in [0.1, 0.15) is 284 Å². The summed E-state index contributed by atoms with van der Waals surface area (Å²) in [4.78, 5) is 26.5. The minimum absolute atomic E-state index is 0.0971. The zero-order valence-electron chi connectivity index (χ0n) is 49.6. The summed E-state index contributed by atoms with van der Waals surface area (Å²) < 4.78 is 17.6. The summed E-state index contributed by atoms with van der Waals surface area (Å²) in [6.45, 7) is 5.67. The number of hydrogen-bond donors (Lipinski definition) is 6. The van der Waals surface area contributed by atoms with Crippen LogP contribution < -0.4 is 5.32 Å². The number of esters is 1. The van der Waals surface area contributed by atoms with Gasteiger partial charge >= 0.3 is 5.97 Å². The fourth-order valence-corrected chi connectivity index (χ4v) is 9.84. The van der Waals surface area contributed by atoms with Crippen molar-refractivity contribution in [3.8, 4) is 0 Å². The van der Waals surface area contributed by atoms with Crippen molar-refractivity contribution >= 4 is 11.9 Å². The molecule has 0 radical (unpaired) electrons. The molecule has 1 heterocycles. The third-order valence-electron chi connectivity index (χ3n) is 14.9. The standard InChI is InChI=1S/C66H119NO10/c1-4-7-10-13-16-19-22-25-27-28-29-30-31-32-33-34-35-38-41-44-47-50-53-59(70)65(74)67-57(58(69)52-49-46-43-40-37-24-21-18-15-12-9-6-3)56-75-66-64(63(73)62(72)60(55-68)76-66)77-61(71)54-51-48-45-42-39-36-26-23-20-17-14-11-8-5-2/h8,11,17,20,25-27,36,49,52,57-60,62-64,66,68-70,72-73H,4-7,9-10,12-16,18-19,21-24,28-35,37-48,50-51,53-56H2,1-3H3,(H,67,74)/b11-8+,20-17+,27-25+,36-26+,52-49+. The lowest BCUT2D eigenvalue weighted by atomic mass is 9.99. The summed E-state index contributed by atoms with van der Waals surface area (Å²) in [6, 6.07) is -1.03. The summed E-state index contributed by atoms with van der Waals surface area (Å²) in [5, 5.41) is 57.0. The van der Waals surface area contributed by atoms with Crippen molar-refractivity contribution in [2.24, 2.45) is 0 Å². The maximum atomic E-state index is 13.4. The molecule has 0 bridgehead atoms. The van der Waals surface area contributed by atoms with Gasteiger partial charge in [-0.2, -0.15) is 0 Å². The lowest BCUT2D eigenvalue weighted by Gasteiger charge is -2.41. The first-order valence-electron chi connectivity index (χ1n) is 32.1. The molecular formula is C66H119NO10. The van der Waals surface area contributed by atoms with Gasteiger partial charge in [-0.25, -0.2) is 0 Å². The second-order valence-electron chi connectivity index (χ2n) is 22.1. The van der Waals surface area contributed by atoms with E-state index in [1.807, 2.05) is 6.08 Å². The number of carbonyl (C=O) groups excluding carboxylic acids is 2. The van der Waals surface area contributed by atoms with Crippen LogP contribution in [0.2, 0.25) is 0 Å². The minimum atomic E-state index is -1.62. The Morgan fingerprint density at radius 1 is 0.519 bits per heavy atom. The molecule has 1 rings (SSSR count). The largest absolute Gasteiger partial charge is 0.454 e. The average molecular weight is 1090 g/mol. The molecule has 11 heteroatoms. The van der Waals surface area contributed by atoms with Crippen LogP contribution in [0.25, 0.3) is 0 Å².